The van der Waals surface area contributed by atoms with Crippen LogP contribution in [-0.4, -0.2) is 79.7 Å². The molecule has 4 atom stereocenters. The lowest BCUT2D eigenvalue weighted by atomic mass is 9.89. The first-order valence-corrected chi connectivity index (χ1v) is 16.7. The number of carbonyl (C=O) groups excluding carboxylic acids is 5. The summed E-state index contributed by atoms with van der Waals surface area (Å²) in [5, 5.41) is 10.2. The molecule has 1 rings (SSSR count). The van der Waals surface area contributed by atoms with Crippen LogP contribution < -0.4 is 26.4 Å². The van der Waals surface area contributed by atoms with E-state index >= 15 is 0 Å². The molecule has 48 heavy (non-hydrogen) atoms. The van der Waals surface area contributed by atoms with E-state index in [2.05, 4.69) is 29.5 Å². The van der Waals surface area contributed by atoms with Gasteiger partial charge in [-0.3, -0.25) is 24.0 Å². The van der Waals surface area contributed by atoms with Crippen LogP contribution in [0.2, 0.25) is 0 Å². The van der Waals surface area contributed by atoms with Crippen LogP contribution in [0, 0.1) is 11.3 Å². The smallest absolute Gasteiger partial charge is 0.323 e. The number of carbonyl (C=O) groups is 5. The van der Waals surface area contributed by atoms with Gasteiger partial charge in [-0.2, -0.15) is 0 Å². The number of rotatable bonds is 18. The van der Waals surface area contributed by atoms with Gasteiger partial charge in [0.2, 0.25) is 17.7 Å². The first kappa shape index (κ1) is 42.0. The van der Waals surface area contributed by atoms with Crippen molar-refractivity contribution in [2.75, 3.05) is 21.1 Å². The zero-order valence-corrected chi connectivity index (χ0v) is 30.9. The molecular formula is C38H58N4O6. The Hall–Kier alpha value is -4.05. The number of allylic oxidation sites excluding steroid dienone is 1. The van der Waals surface area contributed by atoms with Crippen LogP contribution in [0.15, 0.2) is 35.9 Å². The van der Waals surface area contributed by atoms with E-state index in [0.717, 1.165) is 40.8 Å². The fourth-order valence-corrected chi connectivity index (χ4v) is 4.54. The van der Waals surface area contributed by atoms with E-state index in [4.69, 9.17) is 4.74 Å². The number of benzene rings is 1. The molecule has 10 nitrogen and oxygen atoms in total. The van der Waals surface area contributed by atoms with Gasteiger partial charge >= 0.3 is 5.97 Å². The Morgan fingerprint density at radius 3 is 2.19 bits per heavy atom. The molecular weight excluding hydrogens is 608 g/mol. The van der Waals surface area contributed by atoms with Crippen molar-refractivity contribution in [3.05, 3.63) is 51.9 Å². The molecule has 0 aliphatic heterocycles. The summed E-state index contributed by atoms with van der Waals surface area (Å²) in [5.41, 5.74) is 0.771. The number of unbranched alkanes of at least 4 members (excludes halogenated alkanes) is 1. The van der Waals surface area contributed by atoms with E-state index in [1.807, 2.05) is 50.3 Å². The summed E-state index contributed by atoms with van der Waals surface area (Å²) in [7, 11) is 4.93. The van der Waals surface area contributed by atoms with E-state index in [0.29, 0.717) is 0 Å². The van der Waals surface area contributed by atoms with E-state index in [1.54, 1.807) is 54.9 Å². The molecule has 0 heterocycles. The van der Waals surface area contributed by atoms with Crippen molar-refractivity contribution >= 4 is 48.2 Å². The molecule has 0 fully saturated rings. The average Bonchev–Trinajstić information content (AvgIpc) is 3.01. The maximum atomic E-state index is 13.4. The molecule has 0 saturated carbocycles. The number of likely N-dealkylation sites (N-methyl/N-ethyl adjacent to an activating group) is 1. The second-order valence-electron chi connectivity index (χ2n) is 13.5. The van der Waals surface area contributed by atoms with Gasteiger partial charge < -0.3 is 25.6 Å². The van der Waals surface area contributed by atoms with E-state index in [9.17, 15) is 24.0 Å². The maximum Gasteiger partial charge on any atom is 0.323 e. The minimum Gasteiger partial charge on any atom is -0.457 e. The summed E-state index contributed by atoms with van der Waals surface area (Å²) in [6.45, 7) is 18.5. The number of nitrogens with one attached hydrogen (secondary N) is 3. The number of ketones is 1. The first-order valence-electron chi connectivity index (χ1n) is 16.7. The molecule has 0 aliphatic rings. The second-order valence-corrected chi connectivity index (χ2v) is 13.5. The number of hydrogen-bond acceptors (Lipinski definition) is 7. The van der Waals surface area contributed by atoms with Gasteiger partial charge in [0.25, 0.3) is 0 Å². The van der Waals surface area contributed by atoms with Gasteiger partial charge in [-0.25, -0.2) is 0 Å². The minimum atomic E-state index is -0.984. The maximum absolute atomic E-state index is 13.4. The van der Waals surface area contributed by atoms with Crippen molar-refractivity contribution in [1.82, 2.24) is 20.9 Å². The Morgan fingerprint density at radius 2 is 1.67 bits per heavy atom. The summed E-state index contributed by atoms with van der Waals surface area (Å²) in [6.07, 6.45) is 9.62. The zero-order valence-electron chi connectivity index (χ0n) is 30.9. The fraction of sp³-hybridized carbons (Fsp3) is 0.553. The highest BCUT2D eigenvalue weighted by molar-refractivity contribution is 5.95. The van der Waals surface area contributed by atoms with Crippen molar-refractivity contribution in [3.8, 4) is 0 Å². The highest BCUT2D eigenvalue weighted by Crippen LogP contribution is 2.20. The van der Waals surface area contributed by atoms with Crippen molar-refractivity contribution in [2.24, 2.45) is 11.3 Å². The van der Waals surface area contributed by atoms with Crippen molar-refractivity contribution < 1.29 is 28.7 Å². The molecule has 0 saturated heterocycles. The standard InChI is InChI=1S/C38H58N4O6/c1-13-14-15-31(39-10)36(46)48-28(7)25(4)16-18-30-19-17-29(22-26(30)5)20-21-38(8,9)37(47)41-34(24(2)3)35(45)40-32(27(6)43)23-33(44)42(11)12/h16-22,24,28,31-32,34,39H,5,13-15,23H2,1-4,6-12H3,(H,40,45)(H,41,47)/b21-20+,25-16+,30-18-/t28-,31?,32?,34?/m1/s1. The predicted molar refractivity (Wildman–Crippen MR) is 193 cm³/mol. The number of Topliss-reactive ketones (excluding diaryl/α,β-unsaturated/α-hetero) is 1. The molecule has 0 spiro atoms. The van der Waals surface area contributed by atoms with Gasteiger partial charge in [-0.05, 0) is 81.6 Å². The van der Waals surface area contributed by atoms with E-state index in [1.165, 1.54) is 11.8 Å². The normalized spacial score (nSPS) is 15.1. The number of esters is 1. The molecule has 1 aromatic rings. The lowest BCUT2D eigenvalue weighted by Crippen LogP contribution is -2.55. The Kier molecular flexibility index (Phi) is 17.2. The average molecular weight is 667 g/mol. The molecule has 0 aromatic heterocycles. The Morgan fingerprint density at radius 1 is 1.02 bits per heavy atom. The molecule has 10 heteroatoms. The Labute approximate surface area is 287 Å². The molecule has 1 aromatic carbocycles. The van der Waals surface area contributed by atoms with Crippen LogP contribution in [-0.2, 0) is 28.7 Å². The highest BCUT2D eigenvalue weighted by atomic mass is 16.5. The molecule has 3 amide bonds. The quantitative estimate of drug-likeness (QED) is 0.205. The van der Waals surface area contributed by atoms with Crippen molar-refractivity contribution in [2.45, 2.75) is 105 Å². The highest BCUT2D eigenvalue weighted by Gasteiger charge is 2.33. The van der Waals surface area contributed by atoms with Crippen molar-refractivity contribution in [3.63, 3.8) is 0 Å². The number of hydrogen-bond donors (Lipinski definition) is 3. The van der Waals surface area contributed by atoms with Gasteiger partial charge in [0, 0.05) is 14.1 Å². The first-order chi connectivity index (χ1) is 22.3. The summed E-state index contributed by atoms with van der Waals surface area (Å²) in [6, 6.07) is 3.56. The molecule has 3 N–H and O–H groups in total. The van der Waals surface area contributed by atoms with Crippen molar-refractivity contribution in [1.29, 1.82) is 0 Å². The molecule has 3 unspecified atom stereocenters. The van der Waals surface area contributed by atoms with Crippen LogP contribution in [0.4, 0.5) is 0 Å². The van der Waals surface area contributed by atoms with E-state index < -0.39 is 23.4 Å². The van der Waals surface area contributed by atoms with Gasteiger partial charge in [0.05, 0.1) is 17.9 Å². The lowest BCUT2D eigenvalue weighted by Gasteiger charge is -2.28. The fourth-order valence-electron chi connectivity index (χ4n) is 4.54. The third kappa shape index (κ3) is 13.6. The second kappa shape index (κ2) is 19.7. The third-order valence-electron chi connectivity index (χ3n) is 8.30. The molecule has 0 bridgehead atoms. The monoisotopic (exact) mass is 666 g/mol. The molecule has 266 valence electrons. The summed E-state index contributed by atoms with van der Waals surface area (Å²) in [5.74, 6) is -2.04. The number of nitrogens with zero attached hydrogens (tertiary/aromatic N) is 1. The van der Waals surface area contributed by atoms with Gasteiger partial charge in [0.1, 0.15) is 18.2 Å². The summed E-state index contributed by atoms with van der Waals surface area (Å²) < 4.78 is 5.68. The largest absolute Gasteiger partial charge is 0.457 e. The van der Waals surface area contributed by atoms with Gasteiger partial charge in [-0.1, -0.05) is 76.6 Å². The molecule has 0 radical (unpaired) electrons. The van der Waals surface area contributed by atoms with Crippen LogP contribution in [0.3, 0.4) is 0 Å². The SMILES string of the molecule is C=c1cc(/C=C/C(C)(C)C(=O)NC(C(=O)NC(CC(=O)N(C)C)C(C)=O)C(C)C)cc/c1=C/C=C(\C)[C@@H](C)OC(=O)C(CCCC)NC. The lowest BCUT2D eigenvalue weighted by molar-refractivity contribution is -0.149. The number of ether oxygens (including phenoxy) is 1. The van der Waals surface area contributed by atoms with Gasteiger partial charge in [0.15, 0.2) is 5.78 Å². The minimum absolute atomic E-state index is 0.160. The van der Waals surface area contributed by atoms with Crippen LogP contribution in [0.5, 0.6) is 0 Å². The predicted octanol–water partition coefficient (Wildman–Crippen LogP) is 3.27. The summed E-state index contributed by atoms with van der Waals surface area (Å²) >= 11 is 0. The molecule has 0 aliphatic carbocycles. The Bertz CT molecular complexity index is 1460. The van der Waals surface area contributed by atoms with Crippen LogP contribution in [0.25, 0.3) is 18.7 Å². The third-order valence-corrected chi connectivity index (χ3v) is 8.30. The summed E-state index contributed by atoms with van der Waals surface area (Å²) in [4.78, 5) is 64.7. The topological polar surface area (TPSA) is 134 Å². The van der Waals surface area contributed by atoms with E-state index in [-0.39, 0.29) is 48.1 Å². The number of amides is 3. The van der Waals surface area contributed by atoms with Crippen LogP contribution >= 0.6 is 0 Å². The van der Waals surface area contributed by atoms with Gasteiger partial charge in [-0.15, -0.1) is 0 Å². The van der Waals surface area contributed by atoms with Crippen LogP contribution in [0.1, 0.15) is 86.6 Å². The zero-order chi connectivity index (χ0) is 36.8. The Balaban J connectivity index is 3.02.